The van der Waals surface area contributed by atoms with Crippen molar-refractivity contribution in [1.29, 1.82) is 0 Å². The van der Waals surface area contributed by atoms with Crippen molar-refractivity contribution in [2.24, 2.45) is 0 Å². The summed E-state index contributed by atoms with van der Waals surface area (Å²) in [4.78, 5) is 3.49. The first-order valence-electron chi connectivity index (χ1n) is 5.42. The van der Waals surface area contributed by atoms with Gasteiger partial charge >= 0.3 is 6.18 Å². The summed E-state index contributed by atoms with van der Waals surface area (Å²) in [6.45, 7) is 5.80. The van der Waals surface area contributed by atoms with Crippen LogP contribution in [0.4, 0.5) is 13.2 Å². The number of rotatable bonds is 3. The molecule has 0 saturated heterocycles. The summed E-state index contributed by atoms with van der Waals surface area (Å²) < 4.78 is 37.5. The number of halogens is 3. The monoisotopic (exact) mass is 231 g/mol. The molecule has 1 nitrogen and oxygen atoms in total. The second kappa shape index (κ2) is 4.85. The van der Waals surface area contributed by atoms with Gasteiger partial charge in [0.1, 0.15) is 5.69 Å². The van der Waals surface area contributed by atoms with Crippen molar-refractivity contribution in [3.63, 3.8) is 0 Å². The molecule has 0 radical (unpaired) electrons. The zero-order valence-corrected chi connectivity index (χ0v) is 9.73. The average Bonchev–Trinajstić information content (AvgIpc) is 2.16. The molecule has 0 aliphatic carbocycles. The van der Waals surface area contributed by atoms with Crippen LogP contribution in [0.15, 0.2) is 12.3 Å². The number of nitrogens with zero attached hydrogens (tertiary/aromatic N) is 1. The minimum Gasteiger partial charge on any atom is -0.251 e. The summed E-state index contributed by atoms with van der Waals surface area (Å²) >= 11 is 0. The number of alkyl halides is 3. The first kappa shape index (κ1) is 13.0. The van der Waals surface area contributed by atoms with Gasteiger partial charge in [-0.2, -0.15) is 13.2 Å². The molecule has 1 aromatic heterocycles. The van der Waals surface area contributed by atoms with Crippen LogP contribution in [0.25, 0.3) is 0 Å². The Bertz CT molecular complexity index is 356. The van der Waals surface area contributed by atoms with Crippen molar-refractivity contribution in [2.75, 3.05) is 0 Å². The number of hydrogen-bond donors (Lipinski definition) is 0. The van der Waals surface area contributed by atoms with E-state index >= 15 is 0 Å². The maximum absolute atomic E-state index is 12.5. The Balaban J connectivity index is 3.17. The van der Waals surface area contributed by atoms with Crippen LogP contribution < -0.4 is 0 Å². The number of aryl methyl sites for hydroxylation is 1. The van der Waals surface area contributed by atoms with Crippen molar-refractivity contribution in [3.05, 3.63) is 29.1 Å². The summed E-state index contributed by atoms with van der Waals surface area (Å²) in [5.74, 6) is 0.0886. The molecule has 0 spiro atoms. The van der Waals surface area contributed by atoms with E-state index in [9.17, 15) is 13.2 Å². The Kier molecular flexibility index (Phi) is 3.94. The van der Waals surface area contributed by atoms with Gasteiger partial charge in [0.2, 0.25) is 0 Å². The van der Waals surface area contributed by atoms with E-state index < -0.39 is 11.9 Å². The molecule has 1 heterocycles. The first-order chi connectivity index (χ1) is 7.36. The van der Waals surface area contributed by atoms with Crippen LogP contribution >= 0.6 is 0 Å². The molecule has 0 unspecified atom stereocenters. The quantitative estimate of drug-likeness (QED) is 0.760. The molecule has 0 bridgehead atoms. The van der Waals surface area contributed by atoms with Gasteiger partial charge in [-0.3, -0.25) is 4.98 Å². The van der Waals surface area contributed by atoms with Crippen molar-refractivity contribution < 1.29 is 13.2 Å². The van der Waals surface area contributed by atoms with Crippen LogP contribution in [0, 0.1) is 0 Å². The maximum atomic E-state index is 12.5. The Morgan fingerprint density at radius 1 is 1.31 bits per heavy atom. The van der Waals surface area contributed by atoms with E-state index in [-0.39, 0.29) is 5.92 Å². The van der Waals surface area contributed by atoms with E-state index in [1.54, 1.807) is 0 Å². The fourth-order valence-corrected chi connectivity index (χ4v) is 1.67. The van der Waals surface area contributed by atoms with Gasteiger partial charge in [0, 0.05) is 6.20 Å². The van der Waals surface area contributed by atoms with E-state index in [2.05, 4.69) is 4.98 Å². The number of hydrogen-bond acceptors (Lipinski definition) is 1. The number of pyridine rings is 1. The third kappa shape index (κ3) is 2.97. The second-order valence-electron chi connectivity index (χ2n) is 4.17. The summed E-state index contributed by atoms with van der Waals surface area (Å²) in [6, 6.07) is 1.18. The normalized spacial score (nSPS) is 12.2. The molecule has 0 aliphatic heterocycles. The van der Waals surface area contributed by atoms with Gasteiger partial charge in [0.15, 0.2) is 0 Å². The van der Waals surface area contributed by atoms with Crippen molar-refractivity contribution >= 4 is 0 Å². The fraction of sp³-hybridized carbons (Fsp3) is 0.583. The highest BCUT2D eigenvalue weighted by molar-refractivity contribution is 5.30. The molecule has 1 rings (SSSR count). The predicted molar refractivity (Wildman–Crippen MR) is 57.3 cm³/mol. The van der Waals surface area contributed by atoms with Gasteiger partial charge in [-0.05, 0) is 29.5 Å². The molecule has 0 aromatic carbocycles. The van der Waals surface area contributed by atoms with E-state index in [1.807, 2.05) is 20.8 Å². The topological polar surface area (TPSA) is 12.9 Å². The zero-order valence-electron chi connectivity index (χ0n) is 9.73. The molecule has 1 aromatic rings. The van der Waals surface area contributed by atoms with E-state index in [1.165, 1.54) is 12.3 Å². The van der Waals surface area contributed by atoms with Crippen molar-refractivity contribution in [3.8, 4) is 0 Å². The molecule has 0 amide bonds. The smallest absolute Gasteiger partial charge is 0.251 e. The predicted octanol–water partition coefficient (Wildman–Crippen LogP) is 4.18. The summed E-state index contributed by atoms with van der Waals surface area (Å²) in [6.07, 6.45) is -1.30. The van der Waals surface area contributed by atoms with Gasteiger partial charge in [-0.25, -0.2) is 0 Å². The lowest BCUT2D eigenvalue weighted by atomic mass is 9.95. The maximum Gasteiger partial charge on any atom is 0.433 e. The molecule has 90 valence electrons. The van der Waals surface area contributed by atoms with Crippen LogP contribution in [-0.2, 0) is 12.6 Å². The van der Waals surface area contributed by atoms with Crippen LogP contribution in [0.2, 0.25) is 0 Å². The molecule has 0 atom stereocenters. The Morgan fingerprint density at radius 2 is 1.94 bits per heavy atom. The van der Waals surface area contributed by atoms with E-state index in [0.717, 1.165) is 24.0 Å². The highest BCUT2D eigenvalue weighted by Gasteiger charge is 2.33. The van der Waals surface area contributed by atoms with Gasteiger partial charge < -0.3 is 0 Å². The first-order valence-corrected chi connectivity index (χ1v) is 5.42. The standard InChI is InChI=1S/C12H16F3N/c1-4-5-9-7-16-11(12(13,14)15)6-10(9)8(2)3/h6-8H,4-5H2,1-3H3. The Labute approximate surface area is 93.7 Å². The van der Waals surface area contributed by atoms with Crippen LogP contribution in [0.1, 0.15) is 49.9 Å². The molecule has 0 aliphatic rings. The lowest BCUT2D eigenvalue weighted by Gasteiger charge is -2.14. The van der Waals surface area contributed by atoms with Crippen LogP contribution in [0.5, 0.6) is 0 Å². The van der Waals surface area contributed by atoms with Crippen LogP contribution in [-0.4, -0.2) is 4.98 Å². The third-order valence-corrected chi connectivity index (χ3v) is 2.45. The lowest BCUT2D eigenvalue weighted by molar-refractivity contribution is -0.141. The summed E-state index contributed by atoms with van der Waals surface area (Å²) in [5, 5.41) is 0. The molecule has 0 saturated carbocycles. The van der Waals surface area contributed by atoms with Gasteiger partial charge in [-0.15, -0.1) is 0 Å². The Hall–Kier alpha value is -1.06. The molecular weight excluding hydrogens is 215 g/mol. The minimum atomic E-state index is -4.35. The molecule has 0 fully saturated rings. The molecule has 16 heavy (non-hydrogen) atoms. The van der Waals surface area contributed by atoms with Gasteiger partial charge in [0.05, 0.1) is 0 Å². The van der Waals surface area contributed by atoms with E-state index in [0.29, 0.717) is 0 Å². The minimum absolute atomic E-state index is 0.0886. The second-order valence-corrected chi connectivity index (χ2v) is 4.17. The highest BCUT2D eigenvalue weighted by Crippen LogP contribution is 2.31. The van der Waals surface area contributed by atoms with Crippen molar-refractivity contribution in [2.45, 2.75) is 45.7 Å². The van der Waals surface area contributed by atoms with Crippen LogP contribution in [0.3, 0.4) is 0 Å². The fourth-order valence-electron chi connectivity index (χ4n) is 1.67. The van der Waals surface area contributed by atoms with Gasteiger partial charge in [0.25, 0.3) is 0 Å². The molecule has 0 N–H and O–H groups in total. The Morgan fingerprint density at radius 3 is 2.38 bits per heavy atom. The largest absolute Gasteiger partial charge is 0.433 e. The lowest BCUT2D eigenvalue weighted by Crippen LogP contribution is -2.10. The zero-order chi connectivity index (χ0) is 12.3. The van der Waals surface area contributed by atoms with E-state index in [4.69, 9.17) is 0 Å². The third-order valence-electron chi connectivity index (χ3n) is 2.45. The van der Waals surface area contributed by atoms with Crippen molar-refractivity contribution in [1.82, 2.24) is 4.98 Å². The summed E-state index contributed by atoms with van der Waals surface area (Å²) in [5.41, 5.74) is 0.880. The molecule has 4 heteroatoms. The number of aromatic nitrogens is 1. The SMILES string of the molecule is CCCc1cnc(C(F)(F)F)cc1C(C)C. The molecular formula is C12H16F3N. The summed E-state index contributed by atoms with van der Waals surface area (Å²) in [7, 11) is 0. The highest BCUT2D eigenvalue weighted by atomic mass is 19.4. The van der Waals surface area contributed by atoms with Gasteiger partial charge in [-0.1, -0.05) is 27.2 Å². The average molecular weight is 231 g/mol.